The molecule has 94 valence electrons. The molecule has 0 radical (unpaired) electrons. The average Bonchev–Trinajstić information content (AvgIpc) is 2.46. The summed E-state index contributed by atoms with van der Waals surface area (Å²) in [4.78, 5) is 22.6. The molecule has 0 aromatic heterocycles. The minimum absolute atomic E-state index is 0.126. The van der Waals surface area contributed by atoms with Gasteiger partial charge < -0.3 is 5.73 Å². The molecule has 0 saturated carbocycles. The van der Waals surface area contributed by atoms with E-state index in [2.05, 4.69) is 0 Å². The summed E-state index contributed by atoms with van der Waals surface area (Å²) in [6, 6.07) is 14.1. The maximum atomic E-state index is 12.3. The van der Waals surface area contributed by atoms with Gasteiger partial charge in [0.05, 0.1) is 0 Å². The zero-order chi connectivity index (χ0) is 13.7. The van der Waals surface area contributed by atoms with Crippen LogP contribution < -0.4 is 5.73 Å². The van der Waals surface area contributed by atoms with Crippen molar-refractivity contribution < 1.29 is 9.59 Å². The van der Waals surface area contributed by atoms with Crippen molar-refractivity contribution in [2.45, 2.75) is 0 Å². The minimum atomic E-state index is -0.126. The number of aldehydes is 1. The van der Waals surface area contributed by atoms with Crippen molar-refractivity contribution in [3.05, 3.63) is 71.3 Å². The van der Waals surface area contributed by atoms with E-state index in [9.17, 15) is 9.59 Å². The second kappa shape index (κ2) is 5.78. The third-order valence-corrected chi connectivity index (χ3v) is 2.73. The fraction of sp³-hybridized carbons (Fsp3) is 0. The third kappa shape index (κ3) is 2.96. The van der Waals surface area contributed by atoms with Crippen LogP contribution in [0.15, 0.2) is 54.6 Å². The Morgan fingerprint density at radius 3 is 2.47 bits per heavy atom. The molecule has 2 aromatic carbocycles. The molecule has 2 aromatic rings. The summed E-state index contributed by atoms with van der Waals surface area (Å²) < 4.78 is 0. The van der Waals surface area contributed by atoms with Crippen LogP contribution in [-0.2, 0) is 4.79 Å². The number of carbonyl (C=O) groups excluding carboxylic acids is 2. The molecule has 0 bridgehead atoms. The second-order valence-corrected chi connectivity index (χ2v) is 4.04. The lowest BCUT2D eigenvalue weighted by molar-refractivity contribution is -0.104. The van der Waals surface area contributed by atoms with E-state index in [1.807, 2.05) is 6.07 Å². The van der Waals surface area contributed by atoms with Gasteiger partial charge in [0.25, 0.3) is 0 Å². The molecule has 2 rings (SSSR count). The smallest absolute Gasteiger partial charge is 0.195 e. The molecule has 0 aliphatic carbocycles. The van der Waals surface area contributed by atoms with Crippen molar-refractivity contribution in [2.24, 2.45) is 0 Å². The summed E-state index contributed by atoms with van der Waals surface area (Å²) in [6.07, 6.45) is 3.70. The zero-order valence-corrected chi connectivity index (χ0v) is 10.2. The van der Waals surface area contributed by atoms with Gasteiger partial charge in [0.15, 0.2) is 5.78 Å². The predicted molar refractivity (Wildman–Crippen MR) is 75.8 cm³/mol. The maximum absolute atomic E-state index is 12.3. The van der Waals surface area contributed by atoms with Gasteiger partial charge in [0.1, 0.15) is 6.29 Å². The van der Waals surface area contributed by atoms with E-state index in [-0.39, 0.29) is 5.78 Å². The van der Waals surface area contributed by atoms with Crippen LogP contribution in [-0.4, -0.2) is 12.1 Å². The molecule has 0 unspecified atom stereocenters. The molecule has 0 amide bonds. The van der Waals surface area contributed by atoms with E-state index in [0.717, 1.165) is 5.56 Å². The van der Waals surface area contributed by atoms with Crippen LogP contribution in [0.4, 0.5) is 5.69 Å². The van der Waals surface area contributed by atoms with Gasteiger partial charge in [-0.15, -0.1) is 0 Å². The second-order valence-electron chi connectivity index (χ2n) is 4.04. The first-order valence-corrected chi connectivity index (χ1v) is 5.83. The highest BCUT2D eigenvalue weighted by Gasteiger charge is 2.12. The molecule has 19 heavy (non-hydrogen) atoms. The molecule has 0 aliphatic heterocycles. The highest BCUT2D eigenvalue weighted by atomic mass is 16.1. The fourth-order valence-corrected chi connectivity index (χ4v) is 1.77. The number of anilines is 1. The van der Waals surface area contributed by atoms with Crippen LogP contribution in [0.25, 0.3) is 6.08 Å². The van der Waals surface area contributed by atoms with Gasteiger partial charge in [-0.3, -0.25) is 9.59 Å². The van der Waals surface area contributed by atoms with E-state index < -0.39 is 0 Å². The van der Waals surface area contributed by atoms with Gasteiger partial charge in [-0.25, -0.2) is 0 Å². The van der Waals surface area contributed by atoms with Crippen LogP contribution in [0.2, 0.25) is 0 Å². The first-order chi connectivity index (χ1) is 9.22. The van der Waals surface area contributed by atoms with Gasteiger partial charge in [-0.1, -0.05) is 42.5 Å². The quantitative estimate of drug-likeness (QED) is 0.393. The van der Waals surface area contributed by atoms with Crippen molar-refractivity contribution in [1.29, 1.82) is 0 Å². The first kappa shape index (κ1) is 12.8. The summed E-state index contributed by atoms with van der Waals surface area (Å²) in [5.41, 5.74) is 8.07. The molecule has 2 N–H and O–H groups in total. The number of hydrogen-bond acceptors (Lipinski definition) is 3. The summed E-state index contributed by atoms with van der Waals surface area (Å²) in [6.45, 7) is 0. The molecule has 0 spiro atoms. The lowest BCUT2D eigenvalue weighted by atomic mass is 9.99. The maximum Gasteiger partial charge on any atom is 0.195 e. The highest BCUT2D eigenvalue weighted by molar-refractivity contribution is 6.12. The van der Waals surface area contributed by atoms with E-state index in [0.29, 0.717) is 23.1 Å². The number of benzene rings is 2. The van der Waals surface area contributed by atoms with Crippen molar-refractivity contribution in [3.63, 3.8) is 0 Å². The van der Waals surface area contributed by atoms with E-state index >= 15 is 0 Å². The average molecular weight is 251 g/mol. The number of nitrogens with two attached hydrogens (primary N) is 1. The number of ketones is 1. The van der Waals surface area contributed by atoms with Crippen LogP contribution >= 0.6 is 0 Å². The van der Waals surface area contributed by atoms with E-state index in [1.54, 1.807) is 48.5 Å². The number of nitrogen functional groups attached to an aromatic ring is 1. The molecular formula is C16H13NO2. The summed E-state index contributed by atoms with van der Waals surface area (Å²) in [5.74, 6) is -0.126. The summed E-state index contributed by atoms with van der Waals surface area (Å²) in [7, 11) is 0. The van der Waals surface area contributed by atoms with Gasteiger partial charge in [-0.2, -0.15) is 0 Å². The van der Waals surface area contributed by atoms with Crippen molar-refractivity contribution in [1.82, 2.24) is 0 Å². The molecular weight excluding hydrogens is 238 g/mol. The van der Waals surface area contributed by atoms with Crippen molar-refractivity contribution >= 4 is 23.8 Å². The van der Waals surface area contributed by atoms with Gasteiger partial charge >= 0.3 is 0 Å². The molecule has 3 nitrogen and oxygen atoms in total. The Morgan fingerprint density at radius 1 is 1.05 bits per heavy atom. The summed E-state index contributed by atoms with van der Waals surface area (Å²) >= 11 is 0. The van der Waals surface area contributed by atoms with Crippen LogP contribution in [0, 0.1) is 0 Å². The lowest BCUT2D eigenvalue weighted by Gasteiger charge is -2.06. The first-order valence-electron chi connectivity index (χ1n) is 5.83. The standard InChI is InChI=1S/C16H13NO2/c17-15-9-8-12(5-4-10-18)11-14(15)16(19)13-6-2-1-3-7-13/h1-11H,17H2. The van der Waals surface area contributed by atoms with Gasteiger partial charge in [0, 0.05) is 16.8 Å². The Kier molecular flexibility index (Phi) is 3.88. The van der Waals surface area contributed by atoms with Crippen molar-refractivity contribution in [3.8, 4) is 0 Å². The Bertz CT molecular complexity index is 630. The molecule has 0 heterocycles. The van der Waals surface area contributed by atoms with E-state index in [4.69, 9.17) is 5.73 Å². The van der Waals surface area contributed by atoms with Crippen molar-refractivity contribution in [2.75, 3.05) is 5.73 Å². The molecule has 0 fully saturated rings. The normalized spacial score (nSPS) is 10.5. The molecule has 0 atom stereocenters. The van der Waals surface area contributed by atoms with Crippen LogP contribution in [0.3, 0.4) is 0 Å². The Morgan fingerprint density at radius 2 is 1.79 bits per heavy atom. The number of rotatable bonds is 4. The molecule has 3 heteroatoms. The molecule has 0 saturated heterocycles. The minimum Gasteiger partial charge on any atom is -0.398 e. The summed E-state index contributed by atoms with van der Waals surface area (Å²) in [5, 5.41) is 0. The zero-order valence-electron chi connectivity index (χ0n) is 10.2. The van der Waals surface area contributed by atoms with E-state index in [1.165, 1.54) is 6.08 Å². The highest BCUT2D eigenvalue weighted by Crippen LogP contribution is 2.19. The number of hydrogen-bond donors (Lipinski definition) is 1. The monoisotopic (exact) mass is 251 g/mol. The molecule has 0 aliphatic rings. The number of allylic oxidation sites excluding steroid dienone is 1. The predicted octanol–water partition coefficient (Wildman–Crippen LogP) is 2.71. The Labute approximate surface area is 111 Å². The fourth-order valence-electron chi connectivity index (χ4n) is 1.77. The van der Waals surface area contributed by atoms with Crippen LogP contribution in [0.5, 0.6) is 0 Å². The Balaban J connectivity index is 2.41. The van der Waals surface area contributed by atoms with Crippen LogP contribution in [0.1, 0.15) is 21.5 Å². The number of carbonyl (C=O) groups is 2. The van der Waals surface area contributed by atoms with Gasteiger partial charge in [-0.05, 0) is 23.8 Å². The SMILES string of the molecule is Nc1ccc(C=CC=O)cc1C(=O)c1ccccc1. The third-order valence-electron chi connectivity index (χ3n) is 2.73. The topological polar surface area (TPSA) is 60.2 Å². The lowest BCUT2D eigenvalue weighted by Crippen LogP contribution is -2.05. The largest absolute Gasteiger partial charge is 0.398 e. The van der Waals surface area contributed by atoms with Gasteiger partial charge in [0.2, 0.25) is 0 Å². The Hall–Kier alpha value is -2.68.